The Morgan fingerprint density at radius 1 is 1.16 bits per heavy atom. The molecule has 3 rings (SSSR count). The lowest BCUT2D eigenvalue weighted by atomic mass is 10.1. The van der Waals surface area contributed by atoms with E-state index in [0.29, 0.717) is 32.9 Å². The molecule has 0 aliphatic rings. The number of aromatic hydroxyl groups is 1. The summed E-state index contributed by atoms with van der Waals surface area (Å²) in [6.45, 7) is 0. The number of hydrogen-bond donors (Lipinski definition) is 2. The second-order valence-corrected chi connectivity index (χ2v) is 6.29. The molecule has 2 N–H and O–H groups in total. The minimum atomic E-state index is 0.126. The van der Waals surface area contributed by atoms with Crippen LogP contribution < -0.4 is 5.32 Å². The van der Waals surface area contributed by atoms with E-state index in [1.54, 1.807) is 36.4 Å². The first kappa shape index (κ1) is 17.1. The monoisotopic (exact) mass is 368 g/mol. The molecule has 7 heteroatoms. The molecule has 0 unspecified atom stereocenters. The van der Waals surface area contributed by atoms with Crippen LogP contribution in [-0.4, -0.2) is 21.3 Å². The van der Waals surface area contributed by atoms with Crippen LogP contribution in [0.1, 0.15) is 5.56 Å². The summed E-state index contributed by atoms with van der Waals surface area (Å²) in [5.74, 6) is 0.512. The Balaban J connectivity index is 2.13. The lowest BCUT2D eigenvalue weighted by Crippen LogP contribution is -2.03. The Bertz CT molecular complexity index is 954. The Hall–Kier alpha value is -2.75. The number of rotatable bonds is 4. The second kappa shape index (κ2) is 7.43. The van der Waals surface area contributed by atoms with E-state index in [0.717, 1.165) is 5.56 Å². The molecular formula is C18H13ClN4OS. The second-order valence-electron chi connectivity index (χ2n) is 5.08. The predicted molar refractivity (Wildman–Crippen MR) is 100 cm³/mol. The van der Waals surface area contributed by atoms with Crippen molar-refractivity contribution in [3.63, 3.8) is 0 Å². The van der Waals surface area contributed by atoms with Gasteiger partial charge in [-0.25, -0.2) is 9.97 Å². The molecule has 2 aromatic carbocycles. The number of phenolic OH excluding ortho intramolecular Hbond substituents is 1. The summed E-state index contributed by atoms with van der Waals surface area (Å²) in [4.78, 5) is 8.88. The molecule has 0 atom stereocenters. The fraction of sp³-hybridized carbons (Fsp3) is 0.0556. The van der Waals surface area contributed by atoms with Crippen LogP contribution in [0, 0.1) is 11.3 Å². The van der Waals surface area contributed by atoms with Crippen molar-refractivity contribution in [2.24, 2.45) is 0 Å². The molecule has 0 radical (unpaired) electrons. The molecular weight excluding hydrogens is 356 g/mol. The van der Waals surface area contributed by atoms with E-state index in [1.165, 1.54) is 11.8 Å². The van der Waals surface area contributed by atoms with Gasteiger partial charge >= 0.3 is 0 Å². The molecule has 0 fully saturated rings. The Morgan fingerprint density at radius 2 is 1.92 bits per heavy atom. The van der Waals surface area contributed by atoms with Crippen molar-refractivity contribution in [2.45, 2.75) is 5.16 Å². The minimum Gasteiger partial charge on any atom is -0.508 e. The van der Waals surface area contributed by atoms with Gasteiger partial charge in [-0.1, -0.05) is 41.6 Å². The summed E-state index contributed by atoms with van der Waals surface area (Å²) in [5.41, 5.74) is 2.26. The Kier molecular flexibility index (Phi) is 5.08. The molecule has 0 amide bonds. The zero-order valence-electron chi connectivity index (χ0n) is 13.2. The van der Waals surface area contributed by atoms with Crippen LogP contribution in [0.5, 0.6) is 5.75 Å². The van der Waals surface area contributed by atoms with Crippen molar-refractivity contribution in [3.8, 4) is 23.1 Å². The highest BCUT2D eigenvalue weighted by Crippen LogP contribution is 2.31. The van der Waals surface area contributed by atoms with Crippen molar-refractivity contribution >= 4 is 34.9 Å². The zero-order valence-corrected chi connectivity index (χ0v) is 14.8. The third-order valence-electron chi connectivity index (χ3n) is 3.41. The molecule has 25 heavy (non-hydrogen) atoms. The number of aromatic nitrogens is 2. The van der Waals surface area contributed by atoms with Crippen LogP contribution in [0.4, 0.5) is 11.5 Å². The van der Waals surface area contributed by atoms with Crippen molar-refractivity contribution in [3.05, 3.63) is 59.1 Å². The molecule has 0 saturated carbocycles. The smallest absolute Gasteiger partial charge is 0.189 e. The molecule has 0 saturated heterocycles. The van der Waals surface area contributed by atoms with Crippen LogP contribution >= 0.6 is 23.4 Å². The van der Waals surface area contributed by atoms with Crippen molar-refractivity contribution in [2.75, 3.05) is 11.6 Å². The average Bonchev–Trinajstić information content (AvgIpc) is 2.61. The summed E-state index contributed by atoms with van der Waals surface area (Å²) < 4.78 is 0. The van der Waals surface area contributed by atoms with Gasteiger partial charge in [0.2, 0.25) is 0 Å². The average molecular weight is 369 g/mol. The van der Waals surface area contributed by atoms with Gasteiger partial charge < -0.3 is 10.4 Å². The zero-order chi connectivity index (χ0) is 17.8. The summed E-state index contributed by atoms with van der Waals surface area (Å²) >= 11 is 7.33. The number of nitrogens with zero attached hydrogens (tertiary/aromatic N) is 3. The van der Waals surface area contributed by atoms with E-state index in [-0.39, 0.29) is 5.75 Å². The lowest BCUT2D eigenvalue weighted by molar-refractivity contribution is 0.475. The summed E-state index contributed by atoms with van der Waals surface area (Å²) in [7, 11) is 0. The van der Waals surface area contributed by atoms with Gasteiger partial charge in [0.1, 0.15) is 17.4 Å². The number of benzene rings is 2. The van der Waals surface area contributed by atoms with Crippen LogP contribution in [0.3, 0.4) is 0 Å². The number of nitrogens with one attached hydrogen (secondary N) is 1. The van der Waals surface area contributed by atoms with E-state index in [1.807, 2.05) is 18.4 Å². The molecule has 5 nitrogen and oxygen atoms in total. The third kappa shape index (κ3) is 3.85. The highest BCUT2D eigenvalue weighted by atomic mass is 35.5. The normalized spacial score (nSPS) is 10.3. The quantitative estimate of drug-likeness (QED) is 0.506. The molecule has 1 aromatic heterocycles. The number of phenols is 1. The summed E-state index contributed by atoms with van der Waals surface area (Å²) in [6, 6.07) is 15.9. The first-order valence-electron chi connectivity index (χ1n) is 7.29. The van der Waals surface area contributed by atoms with Crippen molar-refractivity contribution in [1.82, 2.24) is 9.97 Å². The van der Waals surface area contributed by atoms with Gasteiger partial charge in [-0.2, -0.15) is 5.26 Å². The van der Waals surface area contributed by atoms with Gasteiger partial charge in [-0.05, 0) is 30.5 Å². The highest BCUT2D eigenvalue weighted by molar-refractivity contribution is 7.98. The fourth-order valence-electron chi connectivity index (χ4n) is 2.26. The minimum absolute atomic E-state index is 0.126. The molecule has 124 valence electrons. The number of nitriles is 1. The van der Waals surface area contributed by atoms with Gasteiger partial charge in [0, 0.05) is 22.3 Å². The highest BCUT2D eigenvalue weighted by Gasteiger charge is 2.16. The van der Waals surface area contributed by atoms with E-state index < -0.39 is 0 Å². The first-order chi connectivity index (χ1) is 12.1. The van der Waals surface area contributed by atoms with E-state index >= 15 is 0 Å². The molecule has 0 aliphatic heterocycles. The topological polar surface area (TPSA) is 81.8 Å². The lowest BCUT2D eigenvalue weighted by Gasteiger charge is -2.12. The molecule has 0 bridgehead atoms. The molecule has 3 aromatic rings. The standard InChI is InChI=1S/C18H13ClN4OS/c1-25-18-22-16(11-5-7-12(19)8-6-11)15(10-20)17(23-18)21-13-3-2-4-14(24)9-13/h2-9,24H,1H3,(H,21,22,23). The molecule has 0 spiro atoms. The van der Waals surface area contributed by atoms with Gasteiger partial charge in [-0.15, -0.1) is 0 Å². The van der Waals surface area contributed by atoms with Gasteiger partial charge in [0.25, 0.3) is 0 Å². The Labute approximate surface area is 154 Å². The number of halogens is 1. The predicted octanol–water partition coefficient (Wildman–Crippen LogP) is 4.84. The number of thioether (sulfide) groups is 1. The molecule has 1 heterocycles. The summed E-state index contributed by atoms with van der Waals surface area (Å²) in [6.07, 6.45) is 1.87. The number of anilines is 2. The maximum atomic E-state index is 9.66. The van der Waals surface area contributed by atoms with E-state index in [9.17, 15) is 10.4 Å². The maximum Gasteiger partial charge on any atom is 0.189 e. The Morgan fingerprint density at radius 3 is 2.56 bits per heavy atom. The van der Waals surface area contributed by atoms with Crippen LogP contribution in [0.25, 0.3) is 11.3 Å². The molecule has 0 aliphatic carbocycles. The fourth-order valence-corrected chi connectivity index (χ4v) is 2.76. The summed E-state index contributed by atoms with van der Waals surface area (Å²) in [5, 5.41) is 23.5. The maximum absolute atomic E-state index is 9.66. The number of hydrogen-bond acceptors (Lipinski definition) is 6. The van der Waals surface area contributed by atoms with Gasteiger partial charge in [0.15, 0.2) is 11.0 Å². The van der Waals surface area contributed by atoms with Crippen LogP contribution in [0.2, 0.25) is 5.02 Å². The van der Waals surface area contributed by atoms with Crippen LogP contribution in [0.15, 0.2) is 53.7 Å². The van der Waals surface area contributed by atoms with Gasteiger partial charge in [0.05, 0.1) is 5.69 Å². The van der Waals surface area contributed by atoms with Crippen LogP contribution in [-0.2, 0) is 0 Å². The third-order valence-corrected chi connectivity index (χ3v) is 4.21. The van der Waals surface area contributed by atoms with Crippen molar-refractivity contribution < 1.29 is 5.11 Å². The van der Waals surface area contributed by atoms with Crippen molar-refractivity contribution in [1.29, 1.82) is 5.26 Å². The van der Waals surface area contributed by atoms with E-state index in [2.05, 4.69) is 21.4 Å². The SMILES string of the molecule is CSc1nc(Nc2cccc(O)c2)c(C#N)c(-c2ccc(Cl)cc2)n1. The van der Waals surface area contributed by atoms with E-state index in [4.69, 9.17) is 11.6 Å². The van der Waals surface area contributed by atoms with Gasteiger partial charge in [-0.3, -0.25) is 0 Å². The largest absolute Gasteiger partial charge is 0.508 e. The first-order valence-corrected chi connectivity index (χ1v) is 8.89.